The van der Waals surface area contributed by atoms with E-state index in [0.717, 1.165) is 37.8 Å². The minimum absolute atomic E-state index is 0.0484. The summed E-state index contributed by atoms with van der Waals surface area (Å²) in [4.78, 5) is 24.2. The van der Waals surface area contributed by atoms with E-state index in [4.69, 9.17) is 0 Å². The zero-order valence-corrected chi connectivity index (χ0v) is 13.4. The van der Waals surface area contributed by atoms with Gasteiger partial charge in [0.2, 0.25) is 5.91 Å². The molecule has 1 atom stereocenters. The van der Waals surface area contributed by atoms with Crippen molar-refractivity contribution in [2.24, 2.45) is 11.8 Å². The average molecular weight is 303 g/mol. The van der Waals surface area contributed by atoms with Crippen molar-refractivity contribution in [3.05, 3.63) is 28.2 Å². The lowest BCUT2D eigenvalue weighted by molar-refractivity contribution is -0.128. The van der Waals surface area contributed by atoms with E-state index in [-0.39, 0.29) is 29.3 Å². The maximum atomic E-state index is 12.2. The van der Waals surface area contributed by atoms with Crippen molar-refractivity contribution in [3.8, 4) is 0 Å². The molecule has 0 aromatic carbocycles. The van der Waals surface area contributed by atoms with Crippen molar-refractivity contribution in [2.45, 2.75) is 64.5 Å². The van der Waals surface area contributed by atoms with Gasteiger partial charge in [-0.05, 0) is 37.7 Å². The number of carbonyl (C=O) groups is 1. The van der Waals surface area contributed by atoms with Gasteiger partial charge in [0.25, 0.3) is 5.56 Å². The lowest BCUT2D eigenvalue weighted by Crippen LogP contribution is -2.47. The summed E-state index contributed by atoms with van der Waals surface area (Å²) in [7, 11) is 0. The lowest BCUT2D eigenvalue weighted by Gasteiger charge is -2.29. The van der Waals surface area contributed by atoms with Crippen molar-refractivity contribution in [1.29, 1.82) is 0 Å². The first-order valence-corrected chi connectivity index (χ1v) is 8.43. The first-order chi connectivity index (χ1) is 10.5. The van der Waals surface area contributed by atoms with Gasteiger partial charge < -0.3 is 5.32 Å². The smallest absolute Gasteiger partial charge is 0.266 e. The number of nitrogens with zero attached hydrogens (tertiary/aromatic N) is 2. The summed E-state index contributed by atoms with van der Waals surface area (Å²) < 4.78 is 1.53. The van der Waals surface area contributed by atoms with Gasteiger partial charge in [0.1, 0.15) is 0 Å². The van der Waals surface area contributed by atoms with Gasteiger partial charge in [-0.2, -0.15) is 5.10 Å². The molecule has 22 heavy (non-hydrogen) atoms. The molecular formula is C17H25N3O2. The minimum atomic E-state index is -0.0899. The standard InChI is InChI=1S/C17H25N3O2/c1-11(2)15(18-17(22)13-4-3-5-13)10-20-16(21)9-8-14(19-20)12-6-7-12/h8-9,11-13,15H,3-7,10H2,1-2H3,(H,18,22)/t15-/m1/s1. The van der Waals surface area contributed by atoms with E-state index < -0.39 is 0 Å². The van der Waals surface area contributed by atoms with Crippen LogP contribution in [0.1, 0.15) is 57.6 Å². The van der Waals surface area contributed by atoms with Crippen molar-refractivity contribution >= 4 is 5.91 Å². The van der Waals surface area contributed by atoms with Crippen LogP contribution < -0.4 is 10.9 Å². The van der Waals surface area contributed by atoms with Crippen LogP contribution in [-0.4, -0.2) is 21.7 Å². The number of aromatic nitrogens is 2. The average Bonchev–Trinajstić information content (AvgIpc) is 3.22. The molecule has 0 bridgehead atoms. The van der Waals surface area contributed by atoms with E-state index in [1.165, 1.54) is 4.68 Å². The Bertz CT molecular complexity index is 600. The summed E-state index contributed by atoms with van der Waals surface area (Å²) in [6, 6.07) is 3.40. The van der Waals surface area contributed by atoms with Crippen LogP contribution >= 0.6 is 0 Å². The van der Waals surface area contributed by atoms with Gasteiger partial charge in [-0.3, -0.25) is 9.59 Å². The molecule has 0 unspecified atom stereocenters. The number of rotatable bonds is 6. The number of carbonyl (C=O) groups excluding carboxylic acids is 1. The minimum Gasteiger partial charge on any atom is -0.351 e. The number of amides is 1. The van der Waals surface area contributed by atoms with Gasteiger partial charge in [0.15, 0.2) is 0 Å². The second-order valence-corrected chi connectivity index (χ2v) is 7.04. The van der Waals surface area contributed by atoms with Crippen molar-refractivity contribution in [3.63, 3.8) is 0 Å². The number of hydrogen-bond acceptors (Lipinski definition) is 3. The predicted octanol–water partition coefficient (Wildman–Crippen LogP) is 2.06. The fraction of sp³-hybridized carbons (Fsp3) is 0.706. The largest absolute Gasteiger partial charge is 0.351 e. The van der Waals surface area contributed by atoms with Crippen molar-refractivity contribution in [1.82, 2.24) is 15.1 Å². The zero-order valence-electron chi connectivity index (χ0n) is 13.4. The van der Waals surface area contributed by atoms with Crippen molar-refractivity contribution in [2.75, 3.05) is 0 Å². The van der Waals surface area contributed by atoms with Crippen LogP contribution in [0.25, 0.3) is 0 Å². The normalized spacial score (nSPS) is 19.8. The molecule has 2 fully saturated rings. The van der Waals surface area contributed by atoms with Gasteiger partial charge in [0.05, 0.1) is 18.3 Å². The highest BCUT2D eigenvalue weighted by Gasteiger charge is 2.29. The first-order valence-electron chi connectivity index (χ1n) is 8.43. The van der Waals surface area contributed by atoms with Crippen LogP contribution in [0.4, 0.5) is 0 Å². The van der Waals surface area contributed by atoms with E-state index in [0.29, 0.717) is 12.5 Å². The molecule has 1 heterocycles. The van der Waals surface area contributed by atoms with E-state index in [2.05, 4.69) is 24.3 Å². The topological polar surface area (TPSA) is 64.0 Å². The van der Waals surface area contributed by atoms with Gasteiger partial charge in [0, 0.05) is 17.9 Å². The summed E-state index contributed by atoms with van der Waals surface area (Å²) >= 11 is 0. The number of nitrogens with one attached hydrogen (secondary N) is 1. The predicted molar refractivity (Wildman–Crippen MR) is 84.6 cm³/mol. The van der Waals surface area contributed by atoms with Gasteiger partial charge in [-0.1, -0.05) is 20.3 Å². The van der Waals surface area contributed by atoms with E-state index in [9.17, 15) is 9.59 Å². The molecule has 120 valence electrons. The summed E-state index contributed by atoms with van der Waals surface area (Å²) in [6.07, 6.45) is 5.46. The second-order valence-electron chi connectivity index (χ2n) is 7.04. The summed E-state index contributed by atoms with van der Waals surface area (Å²) in [5, 5.41) is 7.62. The Hall–Kier alpha value is -1.65. The third-order valence-electron chi connectivity index (χ3n) is 4.86. The van der Waals surface area contributed by atoms with E-state index in [1.807, 2.05) is 6.07 Å². The summed E-state index contributed by atoms with van der Waals surface area (Å²) in [6.45, 7) is 4.60. The molecule has 0 spiro atoms. The molecule has 3 rings (SSSR count). The van der Waals surface area contributed by atoms with E-state index >= 15 is 0 Å². The van der Waals surface area contributed by atoms with Crippen molar-refractivity contribution < 1.29 is 4.79 Å². The Morgan fingerprint density at radius 2 is 2.05 bits per heavy atom. The molecule has 0 aliphatic heterocycles. The molecule has 1 aromatic rings. The van der Waals surface area contributed by atoms with Crippen LogP contribution in [0.5, 0.6) is 0 Å². The van der Waals surface area contributed by atoms with Crippen LogP contribution in [0.15, 0.2) is 16.9 Å². The van der Waals surface area contributed by atoms with Crippen LogP contribution in [-0.2, 0) is 11.3 Å². The molecule has 2 saturated carbocycles. The highest BCUT2D eigenvalue weighted by atomic mass is 16.2. The van der Waals surface area contributed by atoms with Crippen LogP contribution in [0.2, 0.25) is 0 Å². The fourth-order valence-electron chi connectivity index (χ4n) is 2.77. The molecule has 5 nitrogen and oxygen atoms in total. The lowest BCUT2D eigenvalue weighted by atomic mass is 9.84. The van der Waals surface area contributed by atoms with Crippen LogP contribution in [0, 0.1) is 11.8 Å². The highest BCUT2D eigenvalue weighted by Crippen LogP contribution is 2.38. The molecule has 2 aliphatic rings. The zero-order chi connectivity index (χ0) is 15.7. The third-order valence-corrected chi connectivity index (χ3v) is 4.86. The van der Waals surface area contributed by atoms with Gasteiger partial charge in [-0.15, -0.1) is 0 Å². The highest BCUT2D eigenvalue weighted by molar-refractivity contribution is 5.79. The van der Waals surface area contributed by atoms with Gasteiger partial charge in [-0.25, -0.2) is 4.68 Å². The quantitative estimate of drug-likeness (QED) is 0.875. The second kappa shape index (κ2) is 6.23. The molecule has 0 radical (unpaired) electrons. The molecule has 2 aliphatic carbocycles. The summed E-state index contributed by atoms with van der Waals surface area (Å²) in [5.41, 5.74) is 0.917. The maximum absolute atomic E-state index is 12.2. The molecule has 1 amide bonds. The monoisotopic (exact) mass is 303 g/mol. The van der Waals surface area contributed by atoms with Crippen LogP contribution in [0.3, 0.4) is 0 Å². The Kier molecular flexibility index (Phi) is 4.32. The third kappa shape index (κ3) is 3.39. The molecular weight excluding hydrogens is 278 g/mol. The molecule has 1 aromatic heterocycles. The fourth-order valence-corrected chi connectivity index (χ4v) is 2.77. The summed E-state index contributed by atoms with van der Waals surface area (Å²) in [5.74, 6) is 1.09. The molecule has 5 heteroatoms. The Morgan fingerprint density at radius 3 is 2.59 bits per heavy atom. The first kappa shape index (κ1) is 15.3. The van der Waals surface area contributed by atoms with Gasteiger partial charge >= 0.3 is 0 Å². The Balaban J connectivity index is 1.71. The molecule has 1 N–H and O–H groups in total. The molecule has 0 saturated heterocycles. The SMILES string of the molecule is CC(C)[C@@H](Cn1nc(C2CC2)ccc1=O)NC(=O)C1CCC1. The Morgan fingerprint density at radius 1 is 1.32 bits per heavy atom. The maximum Gasteiger partial charge on any atom is 0.266 e. The van der Waals surface area contributed by atoms with E-state index in [1.54, 1.807) is 6.07 Å². The number of hydrogen-bond donors (Lipinski definition) is 1. The Labute approximate surface area is 131 Å².